The second kappa shape index (κ2) is 5.33. The largest absolute Gasteiger partial charge is 0.480 e. The summed E-state index contributed by atoms with van der Waals surface area (Å²) in [6.45, 7) is 2.37. The van der Waals surface area contributed by atoms with E-state index in [2.05, 4.69) is 10.1 Å². The number of rotatable bonds is 2. The number of aromatic nitrogens is 2. The second-order valence-corrected chi connectivity index (χ2v) is 5.92. The molecule has 120 valence electrons. The van der Waals surface area contributed by atoms with Crippen LogP contribution < -0.4 is 4.74 Å². The van der Waals surface area contributed by atoms with Crippen LogP contribution in [0.15, 0.2) is 22.7 Å². The van der Waals surface area contributed by atoms with E-state index >= 15 is 0 Å². The number of likely N-dealkylation sites (tertiary alicyclic amines) is 1. The molecule has 1 aromatic heterocycles. The second-order valence-electron chi connectivity index (χ2n) is 5.92. The summed E-state index contributed by atoms with van der Waals surface area (Å²) < 4.78 is 24.0. The summed E-state index contributed by atoms with van der Waals surface area (Å²) in [5.41, 5.74) is 0.731. The maximum absolute atomic E-state index is 13.3. The molecule has 2 aliphatic rings. The first-order chi connectivity index (χ1) is 11.1. The Balaban J connectivity index is 1.53. The molecule has 0 unspecified atom stereocenters. The quantitative estimate of drug-likeness (QED) is 0.849. The van der Waals surface area contributed by atoms with Gasteiger partial charge in [0.25, 0.3) is 5.91 Å². The number of ether oxygens (including phenoxy) is 1. The van der Waals surface area contributed by atoms with Gasteiger partial charge in [-0.05, 0) is 31.0 Å². The van der Waals surface area contributed by atoms with Crippen LogP contribution in [0.25, 0.3) is 0 Å². The molecule has 0 spiro atoms. The van der Waals surface area contributed by atoms with Crippen LogP contribution in [0.4, 0.5) is 4.39 Å². The van der Waals surface area contributed by atoms with Gasteiger partial charge in [-0.2, -0.15) is 4.98 Å². The molecule has 2 aromatic rings. The molecule has 23 heavy (non-hydrogen) atoms. The summed E-state index contributed by atoms with van der Waals surface area (Å²) in [4.78, 5) is 18.8. The minimum absolute atomic E-state index is 0.105. The van der Waals surface area contributed by atoms with Gasteiger partial charge in [0, 0.05) is 25.5 Å². The summed E-state index contributed by atoms with van der Waals surface area (Å²) in [6, 6.07) is 4.16. The third-order valence-electron chi connectivity index (χ3n) is 4.35. The van der Waals surface area contributed by atoms with Gasteiger partial charge in [-0.15, -0.1) is 0 Å². The number of carbonyl (C=O) groups excluding carboxylic acids is 1. The maximum Gasteiger partial charge on any atom is 0.264 e. The number of amides is 1. The molecule has 7 heteroatoms. The molecule has 2 atom stereocenters. The Morgan fingerprint density at radius 1 is 1.43 bits per heavy atom. The summed E-state index contributed by atoms with van der Waals surface area (Å²) in [7, 11) is 0. The number of carbonyl (C=O) groups is 1. The maximum atomic E-state index is 13.3. The monoisotopic (exact) mass is 317 g/mol. The summed E-state index contributed by atoms with van der Waals surface area (Å²) >= 11 is 0. The molecule has 0 bridgehead atoms. The average Bonchev–Trinajstić information content (AvgIpc) is 3.23. The van der Waals surface area contributed by atoms with E-state index in [1.54, 1.807) is 17.9 Å². The first-order valence-corrected chi connectivity index (χ1v) is 7.67. The predicted molar refractivity (Wildman–Crippen MR) is 77.2 cm³/mol. The molecule has 1 fully saturated rings. The number of nitrogens with zero attached hydrogens (tertiary/aromatic N) is 3. The Morgan fingerprint density at radius 2 is 2.30 bits per heavy atom. The van der Waals surface area contributed by atoms with Crippen LogP contribution in [0.3, 0.4) is 0 Å². The number of halogens is 1. The van der Waals surface area contributed by atoms with Crippen molar-refractivity contribution in [3.8, 4) is 5.75 Å². The van der Waals surface area contributed by atoms with Gasteiger partial charge in [0.05, 0.1) is 6.04 Å². The van der Waals surface area contributed by atoms with Crippen LogP contribution in [-0.4, -0.2) is 33.6 Å². The van der Waals surface area contributed by atoms with Gasteiger partial charge < -0.3 is 14.2 Å². The fourth-order valence-corrected chi connectivity index (χ4v) is 3.29. The Kier molecular flexibility index (Phi) is 3.28. The number of benzene rings is 1. The molecular weight excluding hydrogens is 301 g/mol. The molecular formula is C16H16FN3O3. The number of fused-ring (bicyclic) bond motifs is 1. The third kappa shape index (κ3) is 2.46. The molecule has 2 aliphatic heterocycles. The molecule has 1 amide bonds. The highest BCUT2D eigenvalue weighted by Crippen LogP contribution is 2.34. The Hall–Kier alpha value is -2.44. The van der Waals surface area contributed by atoms with Crippen LogP contribution in [0, 0.1) is 12.7 Å². The summed E-state index contributed by atoms with van der Waals surface area (Å²) in [5.74, 6) is 1.18. The first-order valence-electron chi connectivity index (χ1n) is 7.67. The van der Waals surface area contributed by atoms with Gasteiger partial charge in [-0.25, -0.2) is 4.39 Å². The zero-order chi connectivity index (χ0) is 16.0. The van der Waals surface area contributed by atoms with Crippen molar-refractivity contribution in [3.05, 3.63) is 41.3 Å². The van der Waals surface area contributed by atoms with Gasteiger partial charge in [-0.1, -0.05) is 5.16 Å². The van der Waals surface area contributed by atoms with E-state index in [9.17, 15) is 9.18 Å². The van der Waals surface area contributed by atoms with E-state index in [0.29, 0.717) is 30.4 Å². The van der Waals surface area contributed by atoms with Crippen LogP contribution >= 0.6 is 0 Å². The van der Waals surface area contributed by atoms with Crippen molar-refractivity contribution >= 4 is 5.91 Å². The predicted octanol–water partition coefficient (Wildman–Crippen LogP) is 2.18. The van der Waals surface area contributed by atoms with E-state index in [0.717, 1.165) is 18.4 Å². The molecule has 1 saturated heterocycles. The zero-order valence-electron chi connectivity index (χ0n) is 12.7. The molecule has 1 aromatic carbocycles. The van der Waals surface area contributed by atoms with Gasteiger partial charge in [0.2, 0.25) is 5.89 Å². The van der Waals surface area contributed by atoms with Gasteiger partial charge in [-0.3, -0.25) is 4.79 Å². The number of hydrogen-bond donors (Lipinski definition) is 0. The standard InChI is InChI=1S/C16H16FN3O3/c1-9-18-15(19-23-9)12-3-2-6-20(12)16(21)14-8-10-7-11(17)4-5-13(10)22-14/h4-5,7,12,14H,2-3,6,8H2,1H3/t12-,14-/m1/s1. The lowest BCUT2D eigenvalue weighted by Gasteiger charge is -2.25. The zero-order valence-corrected chi connectivity index (χ0v) is 12.7. The summed E-state index contributed by atoms with van der Waals surface area (Å²) in [5, 5.41) is 3.94. The fraction of sp³-hybridized carbons (Fsp3) is 0.438. The lowest BCUT2D eigenvalue weighted by Crippen LogP contribution is -2.41. The normalized spacial score (nSPS) is 23.0. The van der Waals surface area contributed by atoms with E-state index in [1.807, 2.05) is 0 Å². The van der Waals surface area contributed by atoms with Crippen LogP contribution in [0.5, 0.6) is 5.75 Å². The minimum atomic E-state index is -0.611. The molecule has 0 aliphatic carbocycles. The first kappa shape index (κ1) is 14.2. The topological polar surface area (TPSA) is 68.5 Å². The van der Waals surface area contributed by atoms with Crippen molar-refractivity contribution in [1.29, 1.82) is 0 Å². The number of hydrogen-bond acceptors (Lipinski definition) is 5. The average molecular weight is 317 g/mol. The molecule has 0 N–H and O–H groups in total. The Labute approximate surface area is 132 Å². The lowest BCUT2D eigenvalue weighted by atomic mass is 10.1. The fourth-order valence-electron chi connectivity index (χ4n) is 3.29. The molecule has 3 heterocycles. The smallest absolute Gasteiger partial charge is 0.264 e. The minimum Gasteiger partial charge on any atom is -0.480 e. The third-order valence-corrected chi connectivity index (χ3v) is 4.35. The van der Waals surface area contributed by atoms with Crippen molar-refractivity contribution < 1.29 is 18.4 Å². The lowest BCUT2D eigenvalue weighted by molar-refractivity contribution is -0.139. The highest BCUT2D eigenvalue weighted by atomic mass is 19.1. The van der Waals surface area contributed by atoms with Crippen LogP contribution in [0.1, 0.15) is 36.2 Å². The van der Waals surface area contributed by atoms with E-state index in [1.165, 1.54) is 12.1 Å². The van der Waals surface area contributed by atoms with E-state index in [4.69, 9.17) is 9.26 Å². The van der Waals surface area contributed by atoms with Crippen molar-refractivity contribution in [1.82, 2.24) is 15.0 Å². The molecule has 4 rings (SSSR count). The van der Waals surface area contributed by atoms with Gasteiger partial charge >= 0.3 is 0 Å². The van der Waals surface area contributed by atoms with Crippen LogP contribution in [-0.2, 0) is 11.2 Å². The summed E-state index contributed by atoms with van der Waals surface area (Å²) in [6.07, 6.45) is 1.47. The molecule has 0 radical (unpaired) electrons. The number of aryl methyl sites for hydroxylation is 1. The van der Waals surface area contributed by atoms with E-state index in [-0.39, 0.29) is 17.8 Å². The molecule has 0 saturated carbocycles. The van der Waals surface area contributed by atoms with Crippen molar-refractivity contribution in [2.24, 2.45) is 0 Å². The highest BCUT2D eigenvalue weighted by molar-refractivity contribution is 5.83. The van der Waals surface area contributed by atoms with E-state index < -0.39 is 6.10 Å². The highest BCUT2D eigenvalue weighted by Gasteiger charge is 2.39. The van der Waals surface area contributed by atoms with Gasteiger partial charge in [0.15, 0.2) is 11.9 Å². The van der Waals surface area contributed by atoms with Crippen molar-refractivity contribution in [2.75, 3.05) is 6.54 Å². The van der Waals surface area contributed by atoms with Gasteiger partial charge in [0.1, 0.15) is 11.6 Å². The Bertz CT molecular complexity index is 761. The van der Waals surface area contributed by atoms with Crippen LogP contribution in [0.2, 0.25) is 0 Å². The Morgan fingerprint density at radius 3 is 3.09 bits per heavy atom. The van der Waals surface area contributed by atoms with Crippen molar-refractivity contribution in [2.45, 2.75) is 38.3 Å². The SMILES string of the molecule is Cc1nc([C@H]2CCCN2C(=O)[C@H]2Cc3cc(F)ccc3O2)no1. The molecule has 6 nitrogen and oxygen atoms in total. The van der Waals surface area contributed by atoms with Crippen molar-refractivity contribution in [3.63, 3.8) is 0 Å².